The second-order valence-electron chi connectivity index (χ2n) is 5.54. The van der Waals surface area contributed by atoms with Crippen molar-refractivity contribution in [3.05, 3.63) is 74.5 Å². The van der Waals surface area contributed by atoms with Crippen molar-refractivity contribution < 1.29 is 9.66 Å². The van der Waals surface area contributed by atoms with Gasteiger partial charge in [-0.3, -0.25) is 15.2 Å². The van der Waals surface area contributed by atoms with E-state index >= 15 is 0 Å². The van der Waals surface area contributed by atoms with Crippen molar-refractivity contribution in [3.63, 3.8) is 0 Å². The van der Waals surface area contributed by atoms with E-state index in [-0.39, 0.29) is 22.3 Å². The van der Waals surface area contributed by atoms with Crippen molar-refractivity contribution in [2.75, 3.05) is 0 Å². The number of fused-ring (bicyclic) bond motifs is 1. The van der Waals surface area contributed by atoms with Gasteiger partial charge >= 0.3 is 5.00 Å². The third-order valence-electron chi connectivity index (χ3n) is 4.08. The third-order valence-corrected chi connectivity index (χ3v) is 5.18. The molecule has 8 nitrogen and oxygen atoms in total. The average molecular weight is 365 g/mol. The summed E-state index contributed by atoms with van der Waals surface area (Å²) in [6.45, 7) is 0. The maximum absolute atomic E-state index is 11.1. The summed E-state index contributed by atoms with van der Waals surface area (Å²) < 4.78 is 5.51. The Hall–Kier alpha value is -3.64. The van der Waals surface area contributed by atoms with Gasteiger partial charge in [-0.1, -0.05) is 41.7 Å². The van der Waals surface area contributed by atoms with Crippen molar-refractivity contribution in [2.24, 2.45) is 5.73 Å². The molecule has 3 heterocycles. The lowest BCUT2D eigenvalue weighted by Gasteiger charge is -2.22. The Labute approximate surface area is 151 Å². The number of ether oxygens (including phenoxy) is 1. The number of aromatic nitrogens is 2. The summed E-state index contributed by atoms with van der Waals surface area (Å²) in [5, 5.41) is 27.8. The summed E-state index contributed by atoms with van der Waals surface area (Å²) in [5.74, 6) is -0.370. The van der Waals surface area contributed by atoms with E-state index in [1.165, 1.54) is 6.07 Å². The van der Waals surface area contributed by atoms with Crippen LogP contribution in [0.15, 0.2) is 53.9 Å². The van der Waals surface area contributed by atoms with Crippen LogP contribution < -0.4 is 10.5 Å². The Morgan fingerprint density at radius 1 is 1.31 bits per heavy atom. The highest BCUT2D eigenvalue weighted by atomic mass is 32.1. The minimum absolute atomic E-state index is 0.00587. The van der Waals surface area contributed by atoms with Gasteiger partial charge in [-0.25, -0.2) is 0 Å². The fraction of sp³-hybridized carbons (Fsp3) is 0.0588. The van der Waals surface area contributed by atoms with Crippen molar-refractivity contribution in [3.8, 4) is 23.2 Å². The van der Waals surface area contributed by atoms with Crippen LogP contribution in [0.5, 0.6) is 5.88 Å². The fourth-order valence-electron chi connectivity index (χ4n) is 2.95. The van der Waals surface area contributed by atoms with E-state index in [0.717, 1.165) is 16.9 Å². The zero-order chi connectivity index (χ0) is 18.3. The highest BCUT2D eigenvalue weighted by molar-refractivity contribution is 7.15. The molecule has 0 unspecified atom stereocenters. The van der Waals surface area contributed by atoms with Gasteiger partial charge < -0.3 is 10.5 Å². The molecule has 0 saturated carbocycles. The first-order valence-electron chi connectivity index (χ1n) is 7.55. The first-order valence-corrected chi connectivity index (χ1v) is 8.37. The number of nitrogens with zero attached hydrogens (tertiary/aromatic N) is 3. The number of nitriles is 1. The first kappa shape index (κ1) is 15.9. The predicted molar refractivity (Wildman–Crippen MR) is 94.3 cm³/mol. The zero-order valence-corrected chi connectivity index (χ0v) is 14.0. The molecule has 128 valence electrons. The number of H-pyrrole nitrogens is 1. The molecule has 9 heteroatoms. The number of hydrogen-bond acceptors (Lipinski definition) is 7. The third kappa shape index (κ3) is 2.40. The van der Waals surface area contributed by atoms with Gasteiger partial charge in [0.15, 0.2) is 0 Å². The van der Waals surface area contributed by atoms with Crippen LogP contribution in [0.1, 0.15) is 16.4 Å². The van der Waals surface area contributed by atoms with E-state index in [2.05, 4.69) is 16.3 Å². The first-order chi connectivity index (χ1) is 12.6. The van der Waals surface area contributed by atoms with Gasteiger partial charge in [0.1, 0.15) is 11.6 Å². The van der Waals surface area contributed by atoms with E-state index < -0.39 is 10.8 Å². The lowest BCUT2D eigenvalue weighted by Crippen LogP contribution is -2.20. The number of hydrogen-bond donors (Lipinski definition) is 2. The highest BCUT2D eigenvalue weighted by Crippen LogP contribution is 2.47. The zero-order valence-electron chi connectivity index (χ0n) is 13.2. The quantitative estimate of drug-likeness (QED) is 0.541. The predicted octanol–water partition coefficient (Wildman–Crippen LogP) is 3.26. The monoisotopic (exact) mass is 365 g/mol. The van der Waals surface area contributed by atoms with Crippen molar-refractivity contribution in [1.29, 1.82) is 5.26 Å². The molecule has 3 N–H and O–H groups in total. The molecule has 0 fully saturated rings. The van der Waals surface area contributed by atoms with Crippen LogP contribution in [0.25, 0.3) is 11.3 Å². The van der Waals surface area contributed by atoms with Crippen LogP contribution in [0.4, 0.5) is 5.00 Å². The number of rotatable bonds is 3. The number of thiophene rings is 1. The van der Waals surface area contributed by atoms with E-state index in [4.69, 9.17) is 10.5 Å². The van der Waals surface area contributed by atoms with Gasteiger partial charge in [0.05, 0.1) is 22.1 Å². The molecule has 0 aliphatic carbocycles. The van der Waals surface area contributed by atoms with Gasteiger partial charge in [-0.2, -0.15) is 5.26 Å². The Morgan fingerprint density at radius 3 is 2.73 bits per heavy atom. The smallest absolute Gasteiger partial charge is 0.324 e. The molecule has 1 aliphatic rings. The van der Waals surface area contributed by atoms with Crippen LogP contribution in [-0.2, 0) is 0 Å². The van der Waals surface area contributed by atoms with Crippen LogP contribution >= 0.6 is 11.3 Å². The molecule has 0 amide bonds. The molecule has 1 aliphatic heterocycles. The summed E-state index contributed by atoms with van der Waals surface area (Å²) in [6, 6.07) is 14.6. The molecule has 3 aromatic rings. The number of allylic oxidation sites excluding steroid dienone is 1. The normalized spacial score (nSPS) is 15.9. The molecule has 26 heavy (non-hydrogen) atoms. The van der Waals surface area contributed by atoms with Crippen molar-refractivity contribution in [1.82, 2.24) is 10.2 Å². The number of benzene rings is 1. The lowest BCUT2D eigenvalue weighted by atomic mass is 9.87. The Morgan fingerprint density at radius 2 is 2.08 bits per heavy atom. The maximum atomic E-state index is 11.1. The SMILES string of the molecule is N#CC1=C(N)Oc2n[nH]c(-c3ccccc3)c2[C@@H]1c1ccc([N+](=O)[O-])s1. The Kier molecular flexibility index (Phi) is 3.67. The summed E-state index contributed by atoms with van der Waals surface area (Å²) in [7, 11) is 0. The maximum Gasteiger partial charge on any atom is 0.324 e. The van der Waals surface area contributed by atoms with Crippen LogP contribution in [0.2, 0.25) is 0 Å². The summed E-state index contributed by atoms with van der Waals surface area (Å²) in [5.41, 5.74) is 8.28. The Balaban J connectivity index is 1.93. The molecular weight excluding hydrogens is 354 g/mol. The van der Waals surface area contributed by atoms with Gasteiger partial charge in [0, 0.05) is 10.9 Å². The van der Waals surface area contributed by atoms with Crippen molar-refractivity contribution in [2.45, 2.75) is 5.92 Å². The van der Waals surface area contributed by atoms with E-state index in [9.17, 15) is 15.4 Å². The molecule has 0 radical (unpaired) electrons. The molecular formula is C17H11N5O3S. The lowest BCUT2D eigenvalue weighted by molar-refractivity contribution is -0.380. The number of nitrogens with two attached hydrogens (primary N) is 1. The summed E-state index contributed by atoms with van der Waals surface area (Å²) >= 11 is 1.00. The molecule has 2 aromatic heterocycles. The second-order valence-corrected chi connectivity index (χ2v) is 6.64. The number of aromatic amines is 1. The van der Waals surface area contributed by atoms with E-state index in [0.29, 0.717) is 16.1 Å². The van der Waals surface area contributed by atoms with E-state index in [1.54, 1.807) is 6.07 Å². The van der Waals surface area contributed by atoms with Crippen LogP contribution in [-0.4, -0.2) is 15.1 Å². The Bertz CT molecular complexity index is 1080. The number of nitro groups is 1. The molecule has 1 aromatic carbocycles. The minimum Gasteiger partial charge on any atom is -0.420 e. The summed E-state index contributed by atoms with van der Waals surface area (Å²) in [4.78, 5) is 11.2. The molecule has 4 rings (SSSR count). The highest BCUT2D eigenvalue weighted by Gasteiger charge is 2.37. The van der Waals surface area contributed by atoms with Crippen LogP contribution in [0.3, 0.4) is 0 Å². The summed E-state index contributed by atoms with van der Waals surface area (Å²) in [6.07, 6.45) is 0. The van der Waals surface area contributed by atoms with Gasteiger partial charge in [0.2, 0.25) is 11.8 Å². The van der Waals surface area contributed by atoms with Crippen LogP contribution in [0, 0.1) is 21.4 Å². The fourth-order valence-corrected chi connectivity index (χ4v) is 3.89. The largest absolute Gasteiger partial charge is 0.420 e. The minimum atomic E-state index is -0.587. The van der Waals surface area contributed by atoms with Gasteiger partial charge in [-0.05, 0) is 11.6 Å². The molecule has 0 spiro atoms. The molecule has 0 bridgehead atoms. The number of nitrogens with one attached hydrogen (secondary N) is 1. The van der Waals surface area contributed by atoms with E-state index in [1.807, 2.05) is 30.3 Å². The molecule has 1 atom stereocenters. The van der Waals surface area contributed by atoms with Crippen molar-refractivity contribution >= 4 is 16.3 Å². The van der Waals surface area contributed by atoms with Gasteiger partial charge in [-0.15, -0.1) is 5.10 Å². The topological polar surface area (TPSA) is 131 Å². The average Bonchev–Trinajstić information content (AvgIpc) is 3.28. The second kappa shape index (κ2) is 6.02. The van der Waals surface area contributed by atoms with Gasteiger partial charge in [0.25, 0.3) is 0 Å². The standard InChI is InChI=1S/C17H11N5O3S/c18-8-10-13(11-6-7-12(26-11)22(23)24)14-15(9-4-2-1-3-5-9)20-21-17(14)25-16(10)19/h1-7,13H,19H2,(H,20,21)/t13-/m0/s1. The molecule has 0 saturated heterocycles.